The van der Waals surface area contributed by atoms with Crippen molar-refractivity contribution < 1.29 is 0 Å². The summed E-state index contributed by atoms with van der Waals surface area (Å²) >= 11 is 0. The van der Waals surface area contributed by atoms with Gasteiger partial charge in [-0.15, -0.1) is 0 Å². The maximum Gasteiger partial charge on any atom is 0.134 e. The number of nitrogens with zero attached hydrogens (tertiary/aromatic N) is 6. The van der Waals surface area contributed by atoms with E-state index in [-0.39, 0.29) is 0 Å². The van der Waals surface area contributed by atoms with Crippen LogP contribution in [0.5, 0.6) is 0 Å². The van der Waals surface area contributed by atoms with E-state index in [2.05, 4.69) is 39.0 Å². The number of hydrogen-bond donors (Lipinski definition) is 0. The zero-order chi connectivity index (χ0) is 18.5. The number of likely N-dealkylation sites (N-methyl/N-ethyl adjacent to an activating group) is 1. The molecular formula is C20H26N6. The van der Waals surface area contributed by atoms with Gasteiger partial charge in [-0.05, 0) is 31.0 Å². The number of aromatic nitrogens is 2. The van der Waals surface area contributed by atoms with Gasteiger partial charge >= 0.3 is 0 Å². The van der Waals surface area contributed by atoms with Crippen LogP contribution in [-0.2, 0) is 6.54 Å². The third kappa shape index (κ3) is 4.12. The highest BCUT2D eigenvalue weighted by Gasteiger charge is 2.25. The van der Waals surface area contributed by atoms with Crippen LogP contribution in [0.3, 0.4) is 0 Å². The zero-order valence-corrected chi connectivity index (χ0v) is 15.8. The van der Waals surface area contributed by atoms with E-state index in [9.17, 15) is 5.26 Å². The molecule has 136 valence electrons. The van der Waals surface area contributed by atoms with Crippen molar-refractivity contribution in [2.24, 2.45) is 0 Å². The summed E-state index contributed by atoms with van der Waals surface area (Å²) in [6.07, 6.45) is 3.93. The maximum atomic E-state index is 9.31. The van der Waals surface area contributed by atoms with Crippen molar-refractivity contribution in [2.75, 3.05) is 44.0 Å². The van der Waals surface area contributed by atoms with Crippen molar-refractivity contribution >= 4 is 11.6 Å². The number of nitriles is 1. The van der Waals surface area contributed by atoms with Crippen molar-refractivity contribution in [3.8, 4) is 6.07 Å². The molecule has 1 aromatic carbocycles. The molecule has 1 aromatic heterocycles. The van der Waals surface area contributed by atoms with Crippen molar-refractivity contribution in [2.45, 2.75) is 25.4 Å². The molecule has 0 radical (unpaired) electrons. The van der Waals surface area contributed by atoms with Gasteiger partial charge in [0.2, 0.25) is 0 Å². The second kappa shape index (κ2) is 8.15. The molecule has 3 rings (SSSR count). The molecule has 1 aliphatic rings. The van der Waals surface area contributed by atoms with Crippen LogP contribution >= 0.6 is 0 Å². The Labute approximate surface area is 155 Å². The summed E-state index contributed by atoms with van der Waals surface area (Å²) in [4.78, 5) is 15.5. The van der Waals surface area contributed by atoms with E-state index in [1.54, 1.807) is 6.33 Å². The molecule has 0 aliphatic carbocycles. The minimum absolute atomic E-state index is 0.405. The molecule has 0 spiro atoms. The molecule has 1 fully saturated rings. The second-order valence-corrected chi connectivity index (χ2v) is 7.04. The monoisotopic (exact) mass is 350 g/mol. The van der Waals surface area contributed by atoms with E-state index in [0.29, 0.717) is 6.04 Å². The average molecular weight is 350 g/mol. The number of hydrogen-bond acceptors (Lipinski definition) is 6. The third-order valence-electron chi connectivity index (χ3n) is 5.02. The molecule has 6 heteroatoms. The Morgan fingerprint density at radius 1 is 1.19 bits per heavy atom. The van der Waals surface area contributed by atoms with Gasteiger partial charge in [0.05, 0.1) is 11.6 Å². The Morgan fingerprint density at radius 3 is 2.73 bits per heavy atom. The topological polar surface area (TPSA) is 59.3 Å². The van der Waals surface area contributed by atoms with Crippen LogP contribution in [0.4, 0.5) is 11.6 Å². The lowest BCUT2D eigenvalue weighted by atomic mass is 10.0. The summed E-state index contributed by atoms with van der Waals surface area (Å²) in [5.74, 6) is 1.87. The molecule has 2 heterocycles. The molecule has 0 saturated carbocycles. The fourth-order valence-electron chi connectivity index (χ4n) is 3.46. The predicted octanol–water partition coefficient (Wildman–Crippen LogP) is 2.52. The van der Waals surface area contributed by atoms with Gasteiger partial charge in [0.25, 0.3) is 0 Å². The summed E-state index contributed by atoms with van der Waals surface area (Å²) in [5, 5.41) is 9.31. The lowest BCUT2D eigenvalue weighted by molar-refractivity contribution is 0.198. The molecule has 6 nitrogen and oxygen atoms in total. The maximum absolute atomic E-state index is 9.31. The quantitative estimate of drug-likeness (QED) is 0.826. The van der Waals surface area contributed by atoms with Crippen molar-refractivity contribution in [1.29, 1.82) is 5.26 Å². The van der Waals surface area contributed by atoms with E-state index in [1.807, 2.05) is 43.3 Å². The summed E-state index contributed by atoms with van der Waals surface area (Å²) in [7, 11) is 6.08. The fraction of sp³-hybridized carbons (Fsp3) is 0.450. The van der Waals surface area contributed by atoms with E-state index < -0.39 is 0 Å². The Kier molecular flexibility index (Phi) is 5.69. The standard InChI is InChI=1S/C20H26N6/c1-24(2)19-11-20(23-15-22-19)25(3)18-9-6-10-26(14-18)13-17-8-5-4-7-16(17)12-21/h4-5,7-8,11,15,18H,6,9-10,13-14H2,1-3H3. The first-order chi connectivity index (χ1) is 12.6. The summed E-state index contributed by atoms with van der Waals surface area (Å²) in [6, 6.07) is 12.6. The number of rotatable bonds is 5. The summed E-state index contributed by atoms with van der Waals surface area (Å²) in [6.45, 7) is 2.86. The van der Waals surface area contributed by atoms with Crippen molar-refractivity contribution in [1.82, 2.24) is 14.9 Å². The van der Waals surface area contributed by atoms with Crippen LogP contribution in [-0.4, -0.2) is 55.1 Å². The van der Waals surface area contributed by atoms with Crippen LogP contribution < -0.4 is 9.80 Å². The molecule has 1 atom stereocenters. The zero-order valence-electron chi connectivity index (χ0n) is 15.8. The summed E-state index contributed by atoms with van der Waals surface area (Å²) < 4.78 is 0. The van der Waals surface area contributed by atoms with E-state index >= 15 is 0 Å². The van der Waals surface area contributed by atoms with E-state index in [0.717, 1.165) is 55.2 Å². The van der Waals surface area contributed by atoms with Gasteiger partial charge in [0.15, 0.2) is 0 Å². The number of benzene rings is 1. The number of likely N-dealkylation sites (tertiary alicyclic amines) is 1. The van der Waals surface area contributed by atoms with Crippen LogP contribution in [0.25, 0.3) is 0 Å². The van der Waals surface area contributed by atoms with Gasteiger partial charge in [-0.2, -0.15) is 5.26 Å². The Hall–Kier alpha value is -2.65. The van der Waals surface area contributed by atoms with Crippen molar-refractivity contribution in [3.05, 3.63) is 47.8 Å². The molecule has 2 aromatic rings. The molecule has 0 amide bonds. The normalized spacial score (nSPS) is 17.5. The molecule has 1 saturated heterocycles. The number of piperidine rings is 1. The number of anilines is 2. The minimum atomic E-state index is 0.405. The van der Waals surface area contributed by atoms with E-state index in [1.165, 1.54) is 0 Å². The Bertz CT molecular complexity index is 782. The molecular weight excluding hydrogens is 324 g/mol. The fourth-order valence-corrected chi connectivity index (χ4v) is 3.46. The first-order valence-corrected chi connectivity index (χ1v) is 9.01. The van der Waals surface area contributed by atoms with Gasteiger partial charge in [0, 0.05) is 46.3 Å². The SMILES string of the molecule is CN(C)c1cc(N(C)C2CCCN(Cc3ccccc3C#N)C2)ncn1. The lowest BCUT2D eigenvalue weighted by Crippen LogP contribution is -2.46. The molecule has 26 heavy (non-hydrogen) atoms. The Balaban J connectivity index is 1.70. The van der Waals surface area contributed by atoms with Crippen LogP contribution in [0, 0.1) is 11.3 Å². The van der Waals surface area contributed by atoms with E-state index in [4.69, 9.17) is 0 Å². The van der Waals surface area contributed by atoms with Gasteiger partial charge in [-0.25, -0.2) is 9.97 Å². The molecule has 0 N–H and O–H groups in total. The minimum Gasteiger partial charge on any atom is -0.363 e. The average Bonchev–Trinajstić information content (AvgIpc) is 2.68. The highest BCUT2D eigenvalue weighted by atomic mass is 15.3. The first kappa shape index (κ1) is 18.2. The van der Waals surface area contributed by atoms with Gasteiger partial charge < -0.3 is 9.80 Å². The Morgan fingerprint density at radius 2 is 1.96 bits per heavy atom. The van der Waals surface area contributed by atoms with Crippen LogP contribution in [0.2, 0.25) is 0 Å². The van der Waals surface area contributed by atoms with Gasteiger partial charge in [-0.1, -0.05) is 18.2 Å². The second-order valence-electron chi connectivity index (χ2n) is 7.04. The highest BCUT2D eigenvalue weighted by molar-refractivity contribution is 5.49. The van der Waals surface area contributed by atoms with Gasteiger partial charge in [-0.3, -0.25) is 4.90 Å². The molecule has 1 unspecified atom stereocenters. The summed E-state index contributed by atoms with van der Waals surface area (Å²) in [5.41, 5.74) is 1.88. The van der Waals surface area contributed by atoms with Crippen LogP contribution in [0.15, 0.2) is 36.7 Å². The van der Waals surface area contributed by atoms with Crippen LogP contribution in [0.1, 0.15) is 24.0 Å². The lowest BCUT2D eigenvalue weighted by Gasteiger charge is -2.38. The first-order valence-electron chi connectivity index (χ1n) is 9.01. The third-order valence-corrected chi connectivity index (χ3v) is 5.02. The van der Waals surface area contributed by atoms with Gasteiger partial charge in [0.1, 0.15) is 18.0 Å². The highest BCUT2D eigenvalue weighted by Crippen LogP contribution is 2.23. The predicted molar refractivity (Wildman–Crippen MR) is 104 cm³/mol. The molecule has 0 bridgehead atoms. The smallest absolute Gasteiger partial charge is 0.134 e. The molecule has 1 aliphatic heterocycles. The largest absolute Gasteiger partial charge is 0.363 e. The van der Waals surface area contributed by atoms with Crippen molar-refractivity contribution in [3.63, 3.8) is 0 Å².